The second-order valence-electron chi connectivity index (χ2n) is 5.51. The van der Waals surface area contributed by atoms with Crippen LogP contribution in [-0.4, -0.2) is 31.1 Å². The topological polar surface area (TPSA) is 15.3 Å². The predicted molar refractivity (Wildman–Crippen MR) is 84.8 cm³/mol. The minimum atomic E-state index is 0.392. The summed E-state index contributed by atoms with van der Waals surface area (Å²) >= 11 is 5.95. The van der Waals surface area contributed by atoms with E-state index in [9.17, 15) is 0 Å². The third kappa shape index (κ3) is 4.79. The second kappa shape index (κ2) is 7.88. The minimum Gasteiger partial charge on any atom is -0.315 e. The van der Waals surface area contributed by atoms with Crippen molar-refractivity contribution >= 4 is 11.6 Å². The molecule has 0 bridgehead atoms. The zero-order valence-electron chi connectivity index (χ0n) is 12.8. The van der Waals surface area contributed by atoms with Crippen molar-refractivity contribution in [3.63, 3.8) is 0 Å². The Labute approximate surface area is 123 Å². The third-order valence-electron chi connectivity index (χ3n) is 3.86. The largest absolute Gasteiger partial charge is 0.315 e. The van der Waals surface area contributed by atoms with E-state index in [1.165, 1.54) is 5.56 Å². The van der Waals surface area contributed by atoms with E-state index in [1.807, 2.05) is 12.1 Å². The first kappa shape index (κ1) is 16.5. The van der Waals surface area contributed by atoms with Gasteiger partial charge in [0, 0.05) is 23.7 Å². The predicted octanol–water partition coefficient (Wildman–Crippen LogP) is 3.97. The summed E-state index contributed by atoms with van der Waals surface area (Å²) in [5.74, 6) is 0.624. The Morgan fingerprint density at radius 1 is 1.16 bits per heavy atom. The average Bonchev–Trinajstić information content (AvgIpc) is 2.38. The Kier molecular flexibility index (Phi) is 6.84. The standard InChI is InChI=1S/C16H27ClN2/c1-6-18-11-16(12(2)3)19(5)13(4)14-7-9-15(17)10-8-14/h7-10,12-13,16,18H,6,11H2,1-5H3. The summed E-state index contributed by atoms with van der Waals surface area (Å²) < 4.78 is 0. The molecule has 2 unspecified atom stereocenters. The van der Waals surface area contributed by atoms with Gasteiger partial charge in [-0.3, -0.25) is 4.90 Å². The van der Waals surface area contributed by atoms with Crippen LogP contribution >= 0.6 is 11.6 Å². The lowest BCUT2D eigenvalue weighted by atomic mass is 9.98. The molecule has 1 rings (SSSR count). The van der Waals surface area contributed by atoms with Gasteiger partial charge in [0.1, 0.15) is 0 Å². The molecule has 0 spiro atoms. The molecule has 0 aliphatic rings. The van der Waals surface area contributed by atoms with Gasteiger partial charge in [0.15, 0.2) is 0 Å². The third-order valence-corrected chi connectivity index (χ3v) is 4.11. The van der Waals surface area contributed by atoms with E-state index >= 15 is 0 Å². The van der Waals surface area contributed by atoms with Gasteiger partial charge in [-0.2, -0.15) is 0 Å². The molecule has 0 amide bonds. The molecule has 0 aliphatic carbocycles. The average molecular weight is 283 g/mol. The molecule has 1 aromatic carbocycles. The highest BCUT2D eigenvalue weighted by Gasteiger charge is 2.23. The van der Waals surface area contributed by atoms with E-state index < -0.39 is 0 Å². The van der Waals surface area contributed by atoms with Gasteiger partial charge in [0.2, 0.25) is 0 Å². The fourth-order valence-electron chi connectivity index (χ4n) is 2.41. The molecule has 0 fully saturated rings. The number of nitrogens with zero attached hydrogens (tertiary/aromatic N) is 1. The van der Waals surface area contributed by atoms with Crippen LogP contribution in [0.5, 0.6) is 0 Å². The highest BCUT2D eigenvalue weighted by atomic mass is 35.5. The van der Waals surface area contributed by atoms with Crippen LogP contribution in [0, 0.1) is 5.92 Å². The summed E-state index contributed by atoms with van der Waals surface area (Å²) in [6.07, 6.45) is 0. The summed E-state index contributed by atoms with van der Waals surface area (Å²) in [5, 5.41) is 4.26. The Bertz CT molecular complexity index is 362. The fraction of sp³-hybridized carbons (Fsp3) is 0.625. The first-order valence-electron chi connectivity index (χ1n) is 7.15. The molecule has 3 heteroatoms. The van der Waals surface area contributed by atoms with Crippen LogP contribution in [0.25, 0.3) is 0 Å². The molecular weight excluding hydrogens is 256 g/mol. The lowest BCUT2D eigenvalue weighted by Crippen LogP contribution is -2.44. The Hall–Kier alpha value is -0.570. The molecule has 0 aromatic heterocycles. The van der Waals surface area contributed by atoms with Crippen molar-refractivity contribution < 1.29 is 0 Å². The van der Waals surface area contributed by atoms with Crippen molar-refractivity contribution in [2.24, 2.45) is 5.92 Å². The van der Waals surface area contributed by atoms with E-state index in [-0.39, 0.29) is 0 Å². The van der Waals surface area contributed by atoms with E-state index in [4.69, 9.17) is 11.6 Å². The first-order chi connectivity index (χ1) is 8.97. The summed E-state index contributed by atoms with van der Waals surface area (Å²) in [6, 6.07) is 9.10. The lowest BCUT2D eigenvalue weighted by Gasteiger charge is -2.36. The summed E-state index contributed by atoms with van der Waals surface area (Å²) in [4.78, 5) is 2.45. The molecule has 2 atom stereocenters. The number of nitrogens with one attached hydrogen (secondary N) is 1. The van der Waals surface area contributed by atoms with Gasteiger partial charge in [0.25, 0.3) is 0 Å². The van der Waals surface area contributed by atoms with E-state index in [0.717, 1.165) is 18.1 Å². The molecule has 0 radical (unpaired) electrons. The Balaban J connectivity index is 2.77. The Morgan fingerprint density at radius 3 is 2.21 bits per heavy atom. The first-order valence-corrected chi connectivity index (χ1v) is 7.53. The lowest BCUT2D eigenvalue weighted by molar-refractivity contribution is 0.142. The van der Waals surface area contributed by atoms with Crippen molar-refractivity contribution in [2.75, 3.05) is 20.1 Å². The van der Waals surface area contributed by atoms with Gasteiger partial charge in [-0.05, 0) is 44.1 Å². The number of benzene rings is 1. The number of hydrogen-bond acceptors (Lipinski definition) is 2. The number of rotatable bonds is 7. The van der Waals surface area contributed by atoms with Gasteiger partial charge >= 0.3 is 0 Å². The maximum absolute atomic E-state index is 5.95. The molecule has 1 aromatic rings. The van der Waals surface area contributed by atoms with Crippen LogP contribution in [0.2, 0.25) is 5.02 Å². The maximum atomic E-state index is 5.95. The molecule has 2 nitrogen and oxygen atoms in total. The van der Waals surface area contributed by atoms with Gasteiger partial charge < -0.3 is 5.32 Å². The van der Waals surface area contributed by atoms with E-state index in [0.29, 0.717) is 18.0 Å². The van der Waals surface area contributed by atoms with Crippen molar-refractivity contribution in [2.45, 2.75) is 39.8 Å². The quantitative estimate of drug-likeness (QED) is 0.814. The van der Waals surface area contributed by atoms with Crippen molar-refractivity contribution in [1.29, 1.82) is 0 Å². The van der Waals surface area contributed by atoms with Gasteiger partial charge in [-0.15, -0.1) is 0 Å². The SMILES string of the molecule is CCNCC(C(C)C)N(C)C(C)c1ccc(Cl)cc1. The summed E-state index contributed by atoms with van der Waals surface area (Å²) in [5.41, 5.74) is 1.31. The number of hydrogen-bond donors (Lipinski definition) is 1. The molecule has 0 saturated heterocycles. The summed E-state index contributed by atoms with van der Waals surface area (Å²) in [6.45, 7) is 11.0. The van der Waals surface area contributed by atoms with Crippen LogP contribution in [0.15, 0.2) is 24.3 Å². The van der Waals surface area contributed by atoms with Gasteiger partial charge in [-0.1, -0.05) is 44.5 Å². The highest BCUT2D eigenvalue weighted by molar-refractivity contribution is 6.30. The molecule has 19 heavy (non-hydrogen) atoms. The maximum Gasteiger partial charge on any atom is 0.0406 e. The fourth-order valence-corrected chi connectivity index (χ4v) is 2.53. The number of halogens is 1. The zero-order chi connectivity index (χ0) is 14.4. The van der Waals surface area contributed by atoms with Crippen LogP contribution in [0.4, 0.5) is 0 Å². The zero-order valence-corrected chi connectivity index (χ0v) is 13.5. The van der Waals surface area contributed by atoms with Crippen LogP contribution in [0.1, 0.15) is 39.3 Å². The van der Waals surface area contributed by atoms with Crippen LogP contribution in [-0.2, 0) is 0 Å². The van der Waals surface area contributed by atoms with Crippen LogP contribution in [0.3, 0.4) is 0 Å². The molecular formula is C16H27ClN2. The smallest absolute Gasteiger partial charge is 0.0406 e. The molecule has 0 heterocycles. The van der Waals surface area contributed by atoms with Crippen LogP contribution < -0.4 is 5.32 Å². The monoisotopic (exact) mass is 282 g/mol. The van der Waals surface area contributed by atoms with Crippen molar-refractivity contribution in [3.8, 4) is 0 Å². The Morgan fingerprint density at radius 2 is 1.74 bits per heavy atom. The molecule has 108 valence electrons. The summed E-state index contributed by atoms with van der Waals surface area (Å²) in [7, 11) is 2.21. The van der Waals surface area contributed by atoms with E-state index in [1.54, 1.807) is 0 Å². The minimum absolute atomic E-state index is 0.392. The van der Waals surface area contributed by atoms with Crippen molar-refractivity contribution in [3.05, 3.63) is 34.9 Å². The van der Waals surface area contributed by atoms with Gasteiger partial charge in [-0.25, -0.2) is 0 Å². The van der Waals surface area contributed by atoms with E-state index in [2.05, 4.69) is 57.1 Å². The number of likely N-dealkylation sites (N-methyl/N-ethyl adjacent to an activating group) is 2. The van der Waals surface area contributed by atoms with Gasteiger partial charge in [0.05, 0.1) is 0 Å². The molecule has 0 saturated carbocycles. The normalized spacial score (nSPS) is 14.9. The molecule has 1 N–H and O–H groups in total. The molecule has 0 aliphatic heterocycles. The highest BCUT2D eigenvalue weighted by Crippen LogP contribution is 2.24. The second-order valence-corrected chi connectivity index (χ2v) is 5.95. The van der Waals surface area contributed by atoms with Crippen molar-refractivity contribution in [1.82, 2.24) is 10.2 Å².